The summed E-state index contributed by atoms with van der Waals surface area (Å²) in [5.74, 6) is 1.45. The van der Waals surface area contributed by atoms with Crippen molar-refractivity contribution in [2.24, 2.45) is 0 Å². The van der Waals surface area contributed by atoms with Crippen LogP contribution in [-0.4, -0.2) is 40.4 Å². The number of hydrogen-bond acceptors (Lipinski definition) is 8. The monoisotopic (exact) mass is 701 g/mol. The molecule has 0 aliphatic carbocycles. The second-order valence-electron chi connectivity index (χ2n) is 15.2. The fourth-order valence-electron chi connectivity index (χ4n) is 8.96. The molecule has 0 fully saturated rings. The minimum Gasteiger partial charge on any atom is -0.460 e. The fourth-order valence-corrected chi connectivity index (χ4v) is 8.96. The number of aromatic nitrogens is 2. The molecule has 0 bridgehead atoms. The minimum absolute atomic E-state index is 0.0355. The second-order valence-corrected chi connectivity index (χ2v) is 15.2. The number of anilines is 2. The Balaban J connectivity index is 0.000000141. The molecule has 0 radical (unpaired) electrons. The lowest BCUT2D eigenvalue weighted by molar-refractivity contribution is -0.383. The predicted molar refractivity (Wildman–Crippen MR) is 211 cm³/mol. The molecule has 0 N–H and O–H groups in total. The third-order valence-corrected chi connectivity index (χ3v) is 12.0. The molecule has 4 aromatic carbocycles. The molecule has 10 rings (SSSR count). The molecule has 6 heterocycles. The van der Waals surface area contributed by atoms with E-state index in [1.54, 1.807) is 24.4 Å². The Morgan fingerprint density at radius 2 is 1.17 bits per heavy atom. The van der Waals surface area contributed by atoms with Gasteiger partial charge < -0.3 is 19.3 Å². The maximum absolute atomic E-state index is 11.6. The van der Waals surface area contributed by atoms with Crippen molar-refractivity contribution in [3.05, 3.63) is 148 Å². The maximum atomic E-state index is 11.6. The zero-order valence-electron chi connectivity index (χ0n) is 30.5. The minimum atomic E-state index is -0.746. The van der Waals surface area contributed by atoms with E-state index in [0.717, 1.165) is 27.9 Å². The summed E-state index contributed by atoms with van der Waals surface area (Å²) in [7, 11) is 4.13. The highest BCUT2D eigenvalue weighted by Crippen LogP contribution is 2.56. The van der Waals surface area contributed by atoms with Gasteiger partial charge in [-0.3, -0.25) is 20.1 Å². The van der Waals surface area contributed by atoms with Gasteiger partial charge >= 0.3 is 0 Å². The zero-order chi connectivity index (χ0) is 36.9. The third-order valence-electron chi connectivity index (χ3n) is 12.0. The largest absolute Gasteiger partial charge is 0.460 e. The number of non-ortho nitro benzene ring substituents is 1. The maximum Gasteiger partial charge on any atom is 0.279 e. The van der Waals surface area contributed by atoms with Gasteiger partial charge in [0.2, 0.25) is 11.4 Å². The number of rotatable bonds is 1. The van der Waals surface area contributed by atoms with Crippen LogP contribution in [0.2, 0.25) is 0 Å². The van der Waals surface area contributed by atoms with Crippen LogP contribution in [0.4, 0.5) is 17.1 Å². The Morgan fingerprint density at radius 3 is 1.75 bits per heavy atom. The number of para-hydroxylation sites is 2. The number of hydrogen-bond donors (Lipinski definition) is 0. The van der Waals surface area contributed by atoms with Gasteiger partial charge in [-0.25, -0.2) is 0 Å². The van der Waals surface area contributed by atoms with E-state index in [1.165, 1.54) is 16.8 Å². The topological polar surface area (TPSA) is 93.9 Å². The summed E-state index contributed by atoms with van der Waals surface area (Å²) in [6.07, 6.45) is 11.8. The Kier molecular flexibility index (Phi) is 6.87. The molecule has 6 aromatic rings. The van der Waals surface area contributed by atoms with E-state index < -0.39 is 11.4 Å². The highest BCUT2D eigenvalue weighted by Gasteiger charge is 2.59. The molecule has 0 saturated heterocycles. The molecule has 0 amide bonds. The van der Waals surface area contributed by atoms with E-state index in [0.29, 0.717) is 22.2 Å². The highest BCUT2D eigenvalue weighted by molar-refractivity contribution is 5.96. The first-order valence-corrected chi connectivity index (χ1v) is 17.8. The van der Waals surface area contributed by atoms with Crippen LogP contribution < -0.4 is 19.3 Å². The van der Waals surface area contributed by atoms with E-state index in [4.69, 9.17) is 9.47 Å². The van der Waals surface area contributed by atoms with E-state index in [9.17, 15) is 10.1 Å². The van der Waals surface area contributed by atoms with Gasteiger partial charge in [-0.05, 0) is 93.5 Å². The predicted octanol–water partition coefficient (Wildman–Crippen LogP) is 9.44. The molecule has 9 nitrogen and oxygen atoms in total. The molecule has 2 unspecified atom stereocenters. The van der Waals surface area contributed by atoms with Crippen molar-refractivity contribution >= 4 is 51.0 Å². The highest BCUT2D eigenvalue weighted by atomic mass is 16.6. The third kappa shape index (κ3) is 4.30. The van der Waals surface area contributed by atoms with Gasteiger partial charge in [-0.1, -0.05) is 54.6 Å². The molecule has 2 aromatic heterocycles. The number of nitro benzene ring substituents is 1. The van der Waals surface area contributed by atoms with Crippen molar-refractivity contribution in [1.29, 1.82) is 0 Å². The van der Waals surface area contributed by atoms with E-state index in [-0.39, 0.29) is 21.4 Å². The lowest BCUT2D eigenvalue weighted by Crippen LogP contribution is -2.58. The number of pyridine rings is 2. The van der Waals surface area contributed by atoms with Crippen molar-refractivity contribution in [1.82, 2.24) is 9.97 Å². The second kappa shape index (κ2) is 11.1. The van der Waals surface area contributed by atoms with Crippen LogP contribution in [0.1, 0.15) is 49.9 Å². The number of fused-ring (bicyclic) bond motifs is 8. The van der Waals surface area contributed by atoms with Crippen molar-refractivity contribution in [3.63, 3.8) is 0 Å². The van der Waals surface area contributed by atoms with Gasteiger partial charge in [-0.2, -0.15) is 0 Å². The summed E-state index contributed by atoms with van der Waals surface area (Å²) in [5, 5.41) is 13.1. The molecule has 53 heavy (non-hydrogen) atoms. The van der Waals surface area contributed by atoms with Crippen molar-refractivity contribution in [2.45, 2.75) is 50.0 Å². The van der Waals surface area contributed by atoms with Gasteiger partial charge in [0.15, 0.2) is 11.5 Å². The van der Waals surface area contributed by atoms with Crippen molar-refractivity contribution in [3.8, 4) is 11.5 Å². The number of likely N-dealkylation sites (N-methyl/N-ethyl adjacent to an activating group) is 2. The van der Waals surface area contributed by atoms with Crippen LogP contribution in [0.3, 0.4) is 0 Å². The summed E-state index contributed by atoms with van der Waals surface area (Å²) in [6, 6.07) is 30.1. The van der Waals surface area contributed by atoms with E-state index in [2.05, 4.69) is 121 Å². The average Bonchev–Trinajstić information content (AvgIpc) is 3.44. The van der Waals surface area contributed by atoms with E-state index in [1.807, 2.05) is 43.6 Å². The molecule has 9 heteroatoms. The molecule has 2 spiro atoms. The molecule has 4 aliphatic rings. The Labute approximate surface area is 308 Å². The van der Waals surface area contributed by atoms with Crippen LogP contribution in [0.15, 0.2) is 116 Å². The van der Waals surface area contributed by atoms with Gasteiger partial charge in [0, 0.05) is 60.4 Å². The summed E-state index contributed by atoms with van der Waals surface area (Å²) < 4.78 is 13.5. The summed E-state index contributed by atoms with van der Waals surface area (Å²) in [6.45, 7) is 8.82. The number of benzene rings is 4. The molecule has 264 valence electrons. The summed E-state index contributed by atoms with van der Waals surface area (Å²) in [5.41, 5.74) is 6.21. The van der Waals surface area contributed by atoms with Crippen molar-refractivity contribution < 1.29 is 14.4 Å². The van der Waals surface area contributed by atoms with Crippen LogP contribution in [-0.2, 0) is 10.8 Å². The number of nitro groups is 1. The van der Waals surface area contributed by atoms with Gasteiger partial charge in [0.1, 0.15) is 11.0 Å². The van der Waals surface area contributed by atoms with Gasteiger partial charge in [0.25, 0.3) is 5.69 Å². The number of ether oxygens (including phenoxy) is 2. The normalized spacial score (nSPS) is 22.1. The van der Waals surface area contributed by atoms with E-state index >= 15 is 0 Å². The van der Waals surface area contributed by atoms with Gasteiger partial charge in [0.05, 0.1) is 21.1 Å². The van der Waals surface area contributed by atoms with Gasteiger partial charge in [-0.15, -0.1) is 0 Å². The Bertz CT molecular complexity index is 2580. The molecule has 0 saturated carbocycles. The smallest absolute Gasteiger partial charge is 0.279 e. The molecular formula is C44H39N5O4. The summed E-state index contributed by atoms with van der Waals surface area (Å²) >= 11 is 0. The fraction of sp³-hybridized carbons (Fsp3) is 0.227. The lowest BCUT2D eigenvalue weighted by atomic mass is 9.76. The summed E-state index contributed by atoms with van der Waals surface area (Å²) in [4.78, 5) is 24.6. The molecular weight excluding hydrogens is 663 g/mol. The lowest BCUT2D eigenvalue weighted by Gasteiger charge is -2.45. The van der Waals surface area contributed by atoms with Crippen LogP contribution in [0, 0.1) is 10.1 Å². The van der Waals surface area contributed by atoms with Crippen LogP contribution >= 0.6 is 0 Å². The SMILES string of the molecule is CN1c2ccccc2C(C)(C)C12C=Cc1cc([N+](=O)[O-])c3cccnc3c1O2.CN1c2ccccc2C(C)(C)C12C=Cc1ccc3cccnc3c1O2. The Hall–Kier alpha value is -6.22. The van der Waals surface area contributed by atoms with Crippen molar-refractivity contribution in [2.75, 3.05) is 23.9 Å². The first kappa shape index (κ1) is 32.7. The first-order valence-electron chi connectivity index (χ1n) is 17.8. The standard InChI is InChI=1S/C22H19N3O3.C22H20N2O/c1-21(2)16-8-4-5-9-17(16)24(3)22(21)11-10-14-13-18(25(26)27)15-7-6-12-23-19(15)20(14)28-22;1-21(2)17-8-4-5-9-18(17)24(3)22(21)13-12-16-11-10-15-7-6-14-23-19(15)20(16)25-22/h4-13H,1-3H3;4-14H,1-3H3. The average molecular weight is 702 g/mol. The Morgan fingerprint density at radius 1 is 0.642 bits per heavy atom. The number of nitrogens with zero attached hydrogens (tertiary/aromatic N) is 5. The first-order chi connectivity index (χ1) is 25.4. The van der Waals surface area contributed by atoms with Crippen LogP contribution in [0.5, 0.6) is 11.5 Å². The molecule has 4 aliphatic heterocycles. The van der Waals surface area contributed by atoms with Crippen LogP contribution in [0.25, 0.3) is 34.0 Å². The quantitative estimate of drug-likeness (QED) is 0.124. The molecule has 2 atom stereocenters. The zero-order valence-corrected chi connectivity index (χ0v) is 30.5.